The van der Waals surface area contributed by atoms with Crippen LogP contribution in [-0.2, 0) is 0 Å². The summed E-state index contributed by atoms with van der Waals surface area (Å²) in [5, 5.41) is 9.41. The molecule has 0 radical (unpaired) electrons. The molecule has 2 nitrogen and oxygen atoms in total. The first-order valence-electron chi connectivity index (χ1n) is 21.3. The van der Waals surface area contributed by atoms with Crippen LogP contribution in [0.1, 0.15) is 0 Å². The summed E-state index contributed by atoms with van der Waals surface area (Å²) in [4.78, 5) is 2.44. The summed E-state index contributed by atoms with van der Waals surface area (Å²) >= 11 is 0. The summed E-state index contributed by atoms with van der Waals surface area (Å²) in [6, 6.07) is 85.5. The molecular weight excluding hydrogens is 751 g/mol. The minimum Gasteiger partial charge on any atom is -0.455 e. The summed E-state index contributed by atoms with van der Waals surface area (Å²) in [5.74, 6) is 0. The SMILES string of the molecule is c1ccc(-c2ccc(N(c3ccc4c(c3)c(-c3ccccc3)c(-c3ccccc3)c3ccccc34)c3ccccc3-c3cccc4oc5c6ccccc6ccc5c34)cc2)cc1. The Morgan fingerprint density at radius 3 is 1.58 bits per heavy atom. The lowest BCUT2D eigenvalue weighted by atomic mass is 9.85. The Balaban J connectivity index is 1.14. The molecule has 0 atom stereocenters. The average Bonchev–Trinajstić information content (AvgIpc) is 3.75. The van der Waals surface area contributed by atoms with Crippen LogP contribution in [0.15, 0.2) is 241 Å². The van der Waals surface area contributed by atoms with Gasteiger partial charge in [-0.3, -0.25) is 0 Å². The van der Waals surface area contributed by atoms with E-state index >= 15 is 0 Å². The van der Waals surface area contributed by atoms with Crippen LogP contribution in [0.3, 0.4) is 0 Å². The van der Waals surface area contributed by atoms with Crippen LogP contribution in [0.5, 0.6) is 0 Å². The maximum Gasteiger partial charge on any atom is 0.143 e. The summed E-state index contributed by atoms with van der Waals surface area (Å²) < 4.78 is 6.73. The Hall–Kier alpha value is -8.20. The van der Waals surface area contributed by atoms with Crippen LogP contribution in [-0.4, -0.2) is 0 Å². The molecule has 0 aliphatic heterocycles. The molecule has 0 N–H and O–H groups in total. The quantitative estimate of drug-likeness (QED) is 0.150. The molecule has 0 aliphatic rings. The monoisotopic (exact) mass is 789 g/mol. The molecule has 0 saturated heterocycles. The minimum atomic E-state index is 0.876. The second-order valence-electron chi connectivity index (χ2n) is 16.0. The van der Waals surface area contributed by atoms with Crippen molar-refractivity contribution < 1.29 is 4.42 Å². The van der Waals surface area contributed by atoms with Crippen molar-refractivity contribution in [1.82, 2.24) is 0 Å². The maximum absolute atomic E-state index is 6.73. The summed E-state index contributed by atoms with van der Waals surface area (Å²) in [6.07, 6.45) is 0. The molecule has 0 spiro atoms. The number of nitrogens with zero attached hydrogens (tertiary/aromatic N) is 1. The third-order valence-corrected chi connectivity index (χ3v) is 12.4. The number of anilines is 3. The highest BCUT2D eigenvalue weighted by Gasteiger charge is 2.23. The van der Waals surface area contributed by atoms with Gasteiger partial charge in [0.25, 0.3) is 0 Å². The van der Waals surface area contributed by atoms with Crippen molar-refractivity contribution in [2.75, 3.05) is 4.90 Å². The molecule has 1 aromatic heterocycles. The average molecular weight is 790 g/mol. The zero-order valence-electron chi connectivity index (χ0n) is 33.9. The van der Waals surface area contributed by atoms with Crippen molar-refractivity contribution in [2.24, 2.45) is 0 Å². The second-order valence-corrected chi connectivity index (χ2v) is 16.0. The van der Waals surface area contributed by atoms with E-state index < -0.39 is 0 Å². The fourth-order valence-corrected chi connectivity index (χ4v) is 9.66. The highest BCUT2D eigenvalue weighted by molar-refractivity contribution is 6.23. The third kappa shape index (κ3) is 5.88. The normalized spacial score (nSPS) is 11.5. The fourth-order valence-electron chi connectivity index (χ4n) is 9.66. The van der Waals surface area contributed by atoms with E-state index in [-0.39, 0.29) is 0 Å². The molecule has 0 amide bonds. The summed E-state index contributed by atoms with van der Waals surface area (Å²) in [7, 11) is 0. The number of hydrogen-bond acceptors (Lipinski definition) is 2. The van der Waals surface area contributed by atoms with Crippen molar-refractivity contribution in [2.45, 2.75) is 0 Å². The Kier molecular flexibility index (Phi) is 8.53. The van der Waals surface area contributed by atoms with Crippen LogP contribution in [0, 0.1) is 0 Å². The molecule has 290 valence electrons. The lowest BCUT2D eigenvalue weighted by molar-refractivity contribution is 0.673. The molecule has 12 aromatic rings. The number of furan rings is 1. The van der Waals surface area contributed by atoms with Gasteiger partial charge in [-0.1, -0.05) is 194 Å². The predicted molar refractivity (Wildman–Crippen MR) is 263 cm³/mol. The first-order valence-corrected chi connectivity index (χ1v) is 21.3. The van der Waals surface area contributed by atoms with Crippen LogP contribution in [0.2, 0.25) is 0 Å². The second kappa shape index (κ2) is 14.8. The van der Waals surface area contributed by atoms with E-state index in [2.05, 4.69) is 241 Å². The number of rotatable bonds is 7. The molecular formula is C60H39NO. The highest BCUT2D eigenvalue weighted by Crippen LogP contribution is 2.49. The zero-order valence-corrected chi connectivity index (χ0v) is 33.9. The highest BCUT2D eigenvalue weighted by atomic mass is 16.3. The van der Waals surface area contributed by atoms with Gasteiger partial charge in [0, 0.05) is 33.1 Å². The van der Waals surface area contributed by atoms with Gasteiger partial charge in [0.15, 0.2) is 0 Å². The van der Waals surface area contributed by atoms with E-state index in [9.17, 15) is 0 Å². The number of benzene rings is 11. The maximum atomic E-state index is 6.73. The van der Waals surface area contributed by atoms with Crippen molar-refractivity contribution in [1.29, 1.82) is 0 Å². The zero-order chi connectivity index (χ0) is 41.0. The molecule has 0 bridgehead atoms. The van der Waals surface area contributed by atoms with Crippen LogP contribution < -0.4 is 4.90 Å². The van der Waals surface area contributed by atoms with E-state index in [4.69, 9.17) is 4.42 Å². The van der Waals surface area contributed by atoms with Gasteiger partial charge in [-0.2, -0.15) is 0 Å². The van der Waals surface area contributed by atoms with E-state index in [1.54, 1.807) is 0 Å². The number of para-hydroxylation sites is 1. The molecule has 62 heavy (non-hydrogen) atoms. The predicted octanol–water partition coefficient (Wildman–Crippen LogP) is 17.2. The molecule has 0 aliphatic carbocycles. The Labute approximate surface area is 360 Å². The Morgan fingerprint density at radius 2 is 0.839 bits per heavy atom. The standard InChI is InChI=1S/C60H39NO/c1-4-17-40(18-5-1)41-31-34-45(35-32-41)61(55-29-15-14-26-50(55)52-28-16-30-56-59(52)53-37-33-42-19-10-11-24-47(42)60(53)62-56)46-36-38-49-48-25-12-13-27-51(48)57(43-20-6-2-7-21-43)58(54(49)39-46)44-22-8-3-9-23-44/h1-39H. The van der Waals surface area contributed by atoms with Crippen molar-refractivity contribution in [3.05, 3.63) is 237 Å². The van der Waals surface area contributed by atoms with Gasteiger partial charge in [-0.15, -0.1) is 0 Å². The smallest absolute Gasteiger partial charge is 0.143 e. The van der Waals surface area contributed by atoms with Gasteiger partial charge < -0.3 is 9.32 Å². The number of fused-ring (bicyclic) bond motifs is 8. The van der Waals surface area contributed by atoms with Crippen molar-refractivity contribution in [3.8, 4) is 44.5 Å². The van der Waals surface area contributed by atoms with Crippen molar-refractivity contribution >= 4 is 71.3 Å². The van der Waals surface area contributed by atoms with Gasteiger partial charge in [0.2, 0.25) is 0 Å². The van der Waals surface area contributed by atoms with E-state index in [0.717, 1.165) is 55.5 Å². The summed E-state index contributed by atoms with van der Waals surface area (Å²) in [6.45, 7) is 0. The van der Waals surface area contributed by atoms with Crippen LogP contribution in [0.25, 0.3) is 98.8 Å². The summed E-state index contributed by atoms with van der Waals surface area (Å²) in [5.41, 5.74) is 14.5. The molecule has 0 saturated carbocycles. The fraction of sp³-hybridized carbons (Fsp3) is 0. The van der Waals surface area contributed by atoms with E-state index in [1.165, 1.54) is 60.3 Å². The third-order valence-electron chi connectivity index (χ3n) is 12.4. The minimum absolute atomic E-state index is 0.876. The van der Waals surface area contributed by atoms with Gasteiger partial charge in [-0.25, -0.2) is 0 Å². The topological polar surface area (TPSA) is 16.4 Å². The van der Waals surface area contributed by atoms with Crippen molar-refractivity contribution in [3.63, 3.8) is 0 Å². The van der Waals surface area contributed by atoms with E-state index in [1.807, 2.05) is 0 Å². The molecule has 12 rings (SSSR count). The van der Waals surface area contributed by atoms with Gasteiger partial charge in [-0.05, 0) is 108 Å². The molecule has 11 aromatic carbocycles. The van der Waals surface area contributed by atoms with Crippen LogP contribution in [0.4, 0.5) is 17.1 Å². The van der Waals surface area contributed by atoms with Crippen LogP contribution >= 0.6 is 0 Å². The first-order chi connectivity index (χ1) is 30.8. The molecule has 0 fully saturated rings. The molecule has 1 heterocycles. The number of hydrogen-bond donors (Lipinski definition) is 0. The molecule has 0 unspecified atom stereocenters. The Bertz CT molecular complexity index is 3610. The van der Waals surface area contributed by atoms with E-state index in [0.29, 0.717) is 0 Å². The van der Waals surface area contributed by atoms with Gasteiger partial charge >= 0.3 is 0 Å². The molecule has 2 heteroatoms. The lowest BCUT2D eigenvalue weighted by Crippen LogP contribution is -2.11. The largest absolute Gasteiger partial charge is 0.455 e. The van der Waals surface area contributed by atoms with Gasteiger partial charge in [0.1, 0.15) is 11.2 Å². The van der Waals surface area contributed by atoms with Gasteiger partial charge in [0.05, 0.1) is 5.69 Å². The Morgan fingerprint density at radius 1 is 0.306 bits per heavy atom. The first kappa shape index (κ1) is 35.7. The lowest BCUT2D eigenvalue weighted by Gasteiger charge is -2.29.